The predicted molar refractivity (Wildman–Crippen MR) is 289 cm³/mol. The lowest BCUT2D eigenvalue weighted by Crippen LogP contribution is -2.06. The van der Waals surface area contributed by atoms with Gasteiger partial charge >= 0.3 is 0 Å². The second-order valence-corrected chi connectivity index (χ2v) is 16.7. The van der Waals surface area contributed by atoms with Crippen LogP contribution in [0.3, 0.4) is 0 Å². The molecule has 0 aliphatic heterocycles. The van der Waals surface area contributed by atoms with Crippen LogP contribution in [-0.4, -0.2) is 14.2 Å². The van der Waals surface area contributed by atoms with Gasteiger partial charge in [-0.25, -0.2) is 0 Å². The van der Waals surface area contributed by atoms with E-state index in [9.17, 15) is 0 Å². The van der Waals surface area contributed by atoms with Crippen molar-refractivity contribution in [1.82, 2.24) is 0 Å². The van der Waals surface area contributed by atoms with E-state index in [1.807, 2.05) is 48.5 Å². The molecule has 0 saturated carbocycles. The topological polar surface area (TPSA) is 18.5 Å². The molecule has 322 valence electrons. The summed E-state index contributed by atoms with van der Waals surface area (Å²) in [5.41, 5.74) is 16.2. The third-order valence-corrected chi connectivity index (χ3v) is 12.7. The van der Waals surface area contributed by atoms with Crippen LogP contribution in [0.15, 0.2) is 255 Å². The summed E-state index contributed by atoms with van der Waals surface area (Å²) in [6.07, 6.45) is 0. The van der Waals surface area contributed by atoms with Gasteiger partial charge in [0.1, 0.15) is 11.5 Å². The highest BCUT2D eigenvalue weighted by Crippen LogP contribution is 2.48. The van der Waals surface area contributed by atoms with E-state index in [-0.39, 0.29) is 0 Å². The van der Waals surface area contributed by atoms with Gasteiger partial charge in [-0.2, -0.15) is 0 Å². The summed E-state index contributed by atoms with van der Waals surface area (Å²) in [5.74, 6) is 1.58. The zero-order chi connectivity index (χ0) is 45.5. The summed E-state index contributed by atoms with van der Waals surface area (Å²) in [6, 6.07) is 88.0. The van der Waals surface area contributed by atoms with Gasteiger partial charge in [-0.1, -0.05) is 243 Å². The Morgan fingerprint density at radius 1 is 0.227 bits per heavy atom. The molecular weight excluding hydrogens is 839 g/mol. The minimum Gasteiger partial charge on any atom is -0.496 e. The molecule has 66 heavy (non-hydrogen) atoms. The number of methoxy groups -OCH3 is 2. The smallest absolute Gasteiger partial charge is 0.127 e. The second kappa shape index (κ2) is 22.5. The van der Waals surface area contributed by atoms with Gasteiger partial charge in [0, 0.05) is 11.1 Å². The van der Waals surface area contributed by atoms with Crippen LogP contribution in [0.5, 0.6) is 11.5 Å². The van der Waals surface area contributed by atoms with Crippen molar-refractivity contribution < 1.29 is 9.47 Å². The molecular formula is C62H52O2P2. The lowest BCUT2D eigenvalue weighted by Gasteiger charge is -2.22. The molecule has 2 nitrogen and oxygen atoms in total. The molecule has 0 fully saturated rings. The first-order chi connectivity index (χ1) is 32.6. The number of rotatable bonds is 9. The van der Waals surface area contributed by atoms with E-state index in [0.29, 0.717) is 0 Å². The molecule has 0 radical (unpaired) electrons. The van der Waals surface area contributed by atoms with Crippen molar-refractivity contribution in [3.05, 3.63) is 255 Å². The highest BCUT2D eigenvalue weighted by Gasteiger charge is 2.24. The molecule has 4 heteroatoms. The second-order valence-electron chi connectivity index (χ2n) is 15.5. The lowest BCUT2D eigenvalue weighted by molar-refractivity contribution is 0.410. The quantitative estimate of drug-likeness (QED) is 0.134. The van der Waals surface area contributed by atoms with E-state index in [2.05, 4.69) is 225 Å². The lowest BCUT2D eigenvalue weighted by atomic mass is 9.86. The van der Waals surface area contributed by atoms with Crippen LogP contribution in [0.2, 0.25) is 0 Å². The Labute approximate surface area is 395 Å². The van der Waals surface area contributed by atoms with Crippen molar-refractivity contribution in [1.29, 1.82) is 0 Å². The highest BCUT2D eigenvalue weighted by molar-refractivity contribution is 7.28. The largest absolute Gasteiger partial charge is 0.496 e. The SMILES string of the molecule is COc1cccc(-c2cccc(-c3ccccc3)c2P)c1-c1c(OC)cccc1-c1cccc(-c2ccccc2)c1P.c1ccc(-c2ccccc2)cc1.c1ccc(-c2ccccc2)cc1. The monoisotopic (exact) mass is 890 g/mol. The van der Waals surface area contributed by atoms with E-state index >= 15 is 0 Å². The molecule has 0 amide bonds. The molecule has 0 aliphatic carbocycles. The van der Waals surface area contributed by atoms with E-state index in [1.165, 1.54) is 44.5 Å². The normalized spacial score (nSPS) is 10.4. The zero-order valence-electron chi connectivity index (χ0n) is 37.2. The van der Waals surface area contributed by atoms with E-state index in [0.717, 1.165) is 55.5 Å². The van der Waals surface area contributed by atoms with Crippen molar-refractivity contribution >= 4 is 29.1 Å². The molecule has 0 N–H and O–H groups in total. The average molecular weight is 891 g/mol. The van der Waals surface area contributed by atoms with Crippen LogP contribution >= 0.6 is 18.5 Å². The van der Waals surface area contributed by atoms with Gasteiger partial charge in [0.25, 0.3) is 0 Å². The minimum atomic E-state index is 0.789. The van der Waals surface area contributed by atoms with Gasteiger partial charge in [-0.3, -0.25) is 0 Å². The molecule has 10 rings (SSSR count). The molecule has 10 aromatic rings. The maximum absolute atomic E-state index is 6.06. The molecule has 2 unspecified atom stereocenters. The zero-order valence-corrected chi connectivity index (χ0v) is 39.5. The Morgan fingerprint density at radius 2 is 0.455 bits per heavy atom. The first kappa shape index (κ1) is 45.2. The Kier molecular flexibility index (Phi) is 15.4. The standard InChI is InChI=1S/C38H32O2P2.2C12H10/c1-39-33-23-11-19-29(31-21-9-17-27(37(31)41)25-13-5-3-6-14-25)35(33)36-30(20-12-24-34(36)40-2)32-22-10-18-28(38(32)42)26-15-7-4-8-16-26;2*1-3-7-11(8-4-1)12-9-5-2-6-10-12/h3-24H,41-42H2,1-2H3;2*1-10H. The first-order valence-electron chi connectivity index (χ1n) is 22.0. The molecule has 0 bridgehead atoms. The van der Waals surface area contributed by atoms with Crippen LogP contribution in [0, 0.1) is 0 Å². The van der Waals surface area contributed by atoms with Crippen LogP contribution in [0.4, 0.5) is 0 Å². The Balaban J connectivity index is 0.000000198. The van der Waals surface area contributed by atoms with Crippen LogP contribution < -0.4 is 20.1 Å². The predicted octanol–water partition coefficient (Wildman–Crippen LogP) is 15.7. The molecule has 2 atom stereocenters. The fraction of sp³-hybridized carbons (Fsp3) is 0.0323. The van der Waals surface area contributed by atoms with Crippen molar-refractivity contribution in [3.8, 4) is 89.4 Å². The summed E-state index contributed by atoms with van der Waals surface area (Å²) in [4.78, 5) is 0. The third-order valence-electron chi connectivity index (χ3n) is 11.5. The van der Waals surface area contributed by atoms with Crippen LogP contribution in [0.1, 0.15) is 0 Å². The van der Waals surface area contributed by atoms with Crippen LogP contribution in [-0.2, 0) is 0 Å². The summed E-state index contributed by atoms with van der Waals surface area (Å²) < 4.78 is 12.1. The molecule has 0 saturated heterocycles. The summed E-state index contributed by atoms with van der Waals surface area (Å²) in [5, 5.41) is 2.26. The summed E-state index contributed by atoms with van der Waals surface area (Å²) >= 11 is 0. The van der Waals surface area contributed by atoms with Gasteiger partial charge in [0.05, 0.1) is 14.2 Å². The van der Waals surface area contributed by atoms with Gasteiger partial charge in [-0.05, 0) is 89.5 Å². The Morgan fingerprint density at radius 3 is 0.727 bits per heavy atom. The van der Waals surface area contributed by atoms with Crippen LogP contribution in [0.25, 0.3) is 77.9 Å². The summed E-state index contributed by atoms with van der Waals surface area (Å²) in [7, 11) is 9.45. The number of hydrogen-bond acceptors (Lipinski definition) is 2. The Bertz CT molecular complexity index is 2800. The maximum Gasteiger partial charge on any atom is 0.127 e. The van der Waals surface area contributed by atoms with Crippen molar-refractivity contribution in [2.75, 3.05) is 14.2 Å². The third kappa shape index (κ3) is 10.6. The van der Waals surface area contributed by atoms with E-state index < -0.39 is 0 Å². The average Bonchev–Trinajstić information content (AvgIpc) is 3.40. The van der Waals surface area contributed by atoms with E-state index in [1.54, 1.807) is 14.2 Å². The maximum atomic E-state index is 6.06. The fourth-order valence-corrected chi connectivity index (χ4v) is 9.26. The van der Waals surface area contributed by atoms with Gasteiger partial charge in [0.15, 0.2) is 0 Å². The first-order valence-corrected chi connectivity index (χ1v) is 23.1. The molecule has 10 aromatic carbocycles. The molecule has 0 aromatic heterocycles. The van der Waals surface area contributed by atoms with Gasteiger partial charge in [0.2, 0.25) is 0 Å². The molecule has 0 aliphatic rings. The van der Waals surface area contributed by atoms with Gasteiger partial charge < -0.3 is 9.47 Å². The highest BCUT2D eigenvalue weighted by atomic mass is 31.0. The van der Waals surface area contributed by atoms with Crippen molar-refractivity contribution in [3.63, 3.8) is 0 Å². The fourth-order valence-electron chi connectivity index (χ4n) is 8.23. The summed E-state index contributed by atoms with van der Waals surface area (Å²) in [6.45, 7) is 0. The minimum absolute atomic E-state index is 0.789. The van der Waals surface area contributed by atoms with Crippen molar-refractivity contribution in [2.45, 2.75) is 0 Å². The van der Waals surface area contributed by atoms with Crippen molar-refractivity contribution in [2.24, 2.45) is 0 Å². The number of benzene rings is 10. The molecule has 0 heterocycles. The molecule has 0 spiro atoms. The number of hydrogen-bond donors (Lipinski definition) is 0. The number of ether oxygens (including phenoxy) is 2. The van der Waals surface area contributed by atoms with E-state index in [4.69, 9.17) is 9.47 Å². The Hall–Kier alpha value is -7.34. The van der Waals surface area contributed by atoms with Gasteiger partial charge in [-0.15, -0.1) is 18.5 Å².